The largest absolute Gasteiger partial charge is 0.470 e. The maximum absolute atomic E-state index is 12.5. The van der Waals surface area contributed by atoms with Crippen LogP contribution in [0.25, 0.3) is 0 Å². The number of alkyl halides is 3. The van der Waals surface area contributed by atoms with Gasteiger partial charge in [-0.15, -0.1) is 21.5 Å². The van der Waals surface area contributed by atoms with E-state index in [4.69, 9.17) is 11.6 Å². The summed E-state index contributed by atoms with van der Waals surface area (Å²) in [6.45, 7) is 0.318. The van der Waals surface area contributed by atoms with Crippen molar-refractivity contribution in [1.29, 1.82) is 0 Å². The molecular weight excluding hydrogens is 391 g/mol. The number of halogens is 4. The van der Waals surface area contributed by atoms with Crippen molar-refractivity contribution in [2.24, 2.45) is 0 Å². The highest BCUT2D eigenvalue weighted by atomic mass is 35.5. The van der Waals surface area contributed by atoms with E-state index in [2.05, 4.69) is 14.6 Å². The van der Waals surface area contributed by atoms with E-state index in [1.165, 1.54) is 16.4 Å². The maximum atomic E-state index is 12.5. The number of piperidine rings is 1. The number of sulfonamides is 1. The third kappa shape index (κ3) is 3.44. The first kappa shape index (κ1) is 17.6. The summed E-state index contributed by atoms with van der Waals surface area (Å²) in [6, 6.07) is 2.94. The van der Waals surface area contributed by atoms with Crippen molar-refractivity contribution in [2.45, 2.75) is 29.1 Å². The van der Waals surface area contributed by atoms with E-state index < -0.39 is 28.0 Å². The molecule has 2 aromatic heterocycles. The van der Waals surface area contributed by atoms with Gasteiger partial charge in [0.05, 0.1) is 4.34 Å². The van der Waals surface area contributed by atoms with E-state index in [0.717, 1.165) is 11.3 Å². The number of hydrogen-bond donors (Lipinski definition) is 0. The van der Waals surface area contributed by atoms with Gasteiger partial charge < -0.3 is 4.42 Å². The van der Waals surface area contributed by atoms with Gasteiger partial charge in [0, 0.05) is 19.0 Å². The van der Waals surface area contributed by atoms with Crippen LogP contribution in [0.3, 0.4) is 0 Å². The Labute approximate surface area is 144 Å². The molecule has 1 saturated heterocycles. The molecule has 1 fully saturated rings. The Balaban J connectivity index is 1.69. The summed E-state index contributed by atoms with van der Waals surface area (Å²) < 4.78 is 68.8. The first-order chi connectivity index (χ1) is 11.2. The lowest BCUT2D eigenvalue weighted by Crippen LogP contribution is -2.37. The molecule has 0 saturated carbocycles. The van der Waals surface area contributed by atoms with E-state index in [0.29, 0.717) is 17.2 Å². The molecule has 24 heavy (non-hydrogen) atoms. The summed E-state index contributed by atoms with van der Waals surface area (Å²) in [5.41, 5.74) is 0. The molecule has 0 aromatic carbocycles. The van der Waals surface area contributed by atoms with Crippen molar-refractivity contribution in [3.8, 4) is 0 Å². The molecule has 6 nitrogen and oxygen atoms in total. The highest BCUT2D eigenvalue weighted by molar-refractivity contribution is 7.91. The number of aromatic nitrogens is 2. The molecule has 0 amide bonds. The predicted octanol–water partition coefficient (Wildman–Crippen LogP) is 3.37. The third-order valence-electron chi connectivity index (χ3n) is 3.63. The Morgan fingerprint density at radius 1 is 1.25 bits per heavy atom. The van der Waals surface area contributed by atoms with Crippen molar-refractivity contribution in [2.75, 3.05) is 13.1 Å². The van der Waals surface area contributed by atoms with Gasteiger partial charge >= 0.3 is 12.1 Å². The van der Waals surface area contributed by atoms with E-state index in [1.807, 2.05) is 0 Å². The van der Waals surface area contributed by atoms with Crippen LogP contribution in [-0.2, 0) is 16.2 Å². The van der Waals surface area contributed by atoms with Crippen LogP contribution in [-0.4, -0.2) is 36.0 Å². The summed E-state index contributed by atoms with van der Waals surface area (Å²) in [7, 11) is -3.64. The van der Waals surface area contributed by atoms with Gasteiger partial charge in [0.1, 0.15) is 4.21 Å². The second-order valence-corrected chi connectivity index (χ2v) is 9.06. The average Bonchev–Trinajstić information content (AvgIpc) is 3.16. The number of thiophene rings is 1. The minimum absolute atomic E-state index is 0.112. The standard InChI is InChI=1S/C12H11ClF3N3O3S2/c13-8-1-2-9(23-8)24(20,21)19-5-3-7(4-6-19)10-17-18-11(22-10)12(14,15)16/h1-2,7H,3-6H2. The minimum Gasteiger partial charge on any atom is -0.417 e. The first-order valence-electron chi connectivity index (χ1n) is 6.84. The van der Waals surface area contributed by atoms with Crippen LogP contribution >= 0.6 is 22.9 Å². The lowest BCUT2D eigenvalue weighted by Gasteiger charge is -2.29. The van der Waals surface area contributed by atoms with Crippen LogP contribution in [0.1, 0.15) is 30.5 Å². The Hall–Kier alpha value is -1.17. The fraction of sp³-hybridized carbons (Fsp3) is 0.500. The molecule has 2 aromatic rings. The fourth-order valence-corrected chi connectivity index (χ4v) is 5.53. The second kappa shape index (κ2) is 6.28. The fourth-order valence-electron chi connectivity index (χ4n) is 2.42. The van der Waals surface area contributed by atoms with Crippen molar-refractivity contribution in [3.05, 3.63) is 28.3 Å². The topological polar surface area (TPSA) is 76.3 Å². The van der Waals surface area contributed by atoms with Gasteiger partial charge in [-0.1, -0.05) is 11.6 Å². The van der Waals surface area contributed by atoms with Gasteiger partial charge in [0.25, 0.3) is 10.0 Å². The zero-order chi connectivity index (χ0) is 17.5. The van der Waals surface area contributed by atoms with Crippen LogP contribution in [0.2, 0.25) is 4.34 Å². The Bertz CT molecular complexity index is 826. The van der Waals surface area contributed by atoms with Crippen molar-refractivity contribution in [1.82, 2.24) is 14.5 Å². The van der Waals surface area contributed by atoms with E-state index in [1.54, 1.807) is 0 Å². The zero-order valence-corrected chi connectivity index (χ0v) is 14.3. The molecule has 1 aliphatic rings. The molecular formula is C12H11ClF3N3O3S2. The van der Waals surface area contributed by atoms with Crippen LogP contribution in [0.4, 0.5) is 13.2 Å². The Kier molecular flexibility index (Phi) is 4.62. The molecule has 0 spiro atoms. The minimum atomic E-state index is -4.69. The maximum Gasteiger partial charge on any atom is 0.470 e. The van der Waals surface area contributed by atoms with Gasteiger partial charge in [-0.3, -0.25) is 0 Å². The van der Waals surface area contributed by atoms with Gasteiger partial charge in [0.2, 0.25) is 5.89 Å². The van der Waals surface area contributed by atoms with Gasteiger partial charge in [0.15, 0.2) is 0 Å². The average molecular weight is 402 g/mol. The molecule has 3 rings (SSSR count). The summed E-state index contributed by atoms with van der Waals surface area (Å²) in [5, 5.41) is 6.43. The highest BCUT2D eigenvalue weighted by Gasteiger charge is 2.40. The lowest BCUT2D eigenvalue weighted by molar-refractivity contribution is -0.157. The monoisotopic (exact) mass is 401 g/mol. The number of hydrogen-bond acceptors (Lipinski definition) is 6. The van der Waals surface area contributed by atoms with Gasteiger partial charge in [-0.25, -0.2) is 8.42 Å². The van der Waals surface area contributed by atoms with Crippen LogP contribution < -0.4 is 0 Å². The lowest BCUT2D eigenvalue weighted by atomic mass is 9.98. The molecule has 12 heteroatoms. The van der Waals surface area contributed by atoms with Crippen LogP contribution in [0.5, 0.6) is 0 Å². The first-order valence-corrected chi connectivity index (χ1v) is 9.47. The molecule has 0 bridgehead atoms. The summed E-state index contributed by atoms with van der Waals surface area (Å²) in [6.07, 6.45) is -4.08. The van der Waals surface area contributed by atoms with E-state index in [-0.39, 0.29) is 23.2 Å². The summed E-state index contributed by atoms with van der Waals surface area (Å²) in [4.78, 5) is 0. The van der Waals surface area contributed by atoms with Crippen LogP contribution in [0, 0.1) is 0 Å². The Morgan fingerprint density at radius 2 is 1.92 bits per heavy atom. The van der Waals surface area contributed by atoms with E-state index in [9.17, 15) is 21.6 Å². The second-order valence-electron chi connectivity index (χ2n) is 5.18. The van der Waals surface area contributed by atoms with Crippen LogP contribution in [0.15, 0.2) is 20.8 Å². The quantitative estimate of drug-likeness (QED) is 0.788. The van der Waals surface area contributed by atoms with Crippen molar-refractivity contribution >= 4 is 33.0 Å². The molecule has 0 aliphatic carbocycles. The molecule has 0 radical (unpaired) electrons. The third-order valence-corrected chi connectivity index (χ3v) is 7.23. The summed E-state index contributed by atoms with van der Waals surface area (Å²) >= 11 is 6.73. The van der Waals surface area contributed by atoms with Gasteiger partial charge in [-0.2, -0.15) is 17.5 Å². The number of nitrogens with zero attached hydrogens (tertiary/aromatic N) is 3. The number of rotatable bonds is 3. The van der Waals surface area contributed by atoms with E-state index >= 15 is 0 Å². The molecule has 0 unspecified atom stereocenters. The molecule has 3 heterocycles. The summed E-state index contributed by atoms with van der Waals surface area (Å²) in [5.74, 6) is -1.90. The molecule has 0 N–H and O–H groups in total. The van der Waals surface area contributed by atoms with Crippen molar-refractivity contribution in [3.63, 3.8) is 0 Å². The smallest absolute Gasteiger partial charge is 0.417 e. The molecule has 0 atom stereocenters. The predicted molar refractivity (Wildman–Crippen MR) is 79.4 cm³/mol. The Morgan fingerprint density at radius 3 is 2.42 bits per heavy atom. The SMILES string of the molecule is O=S(=O)(c1ccc(Cl)s1)N1CCC(c2nnc(C(F)(F)F)o2)CC1. The molecule has 132 valence electrons. The zero-order valence-electron chi connectivity index (χ0n) is 12.0. The normalized spacial score (nSPS) is 18.2. The molecule has 1 aliphatic heterocycles. The van der Waals surface area contributed by atoms with Gasteiger partial charge in [-0.05, 0) is 25.0 Å². The van der Waals surface area contributed by atoms with Crippen molar-refractivity contribution < 1.29 is 26.0 Å². The highest BCUT2D eigenvalue weighted by Crippen LogP contribution is 2.35.